The van der Waals surface area contributed by atoms with Crippen molar-refractivity contribution in [3.05, 3.63) is 35.9 Å². The molecule has 110 valence electrons. The van der Waals surface area contributed by atoms with Gasteiger partial charge in [0.05, 0.1) is 6.04 Å². The van der Waals surface area contributed by atoms with E-state index in [0.29, 0.717) is 6.54 Å². The van der Waals surface area contributed by atoms with Crippen LogP contribution in [0.15, 0.2) is 30.3 Å². The minimum Gasteiger partial charge on any atom is -0.354 e. The van der Waals surface area contributed by atoms with E-state index in [4.69, 9.17) is 0 Å². The van der Waals surface area contributed by atoms with E-state index < -0.39 is 0 Å². The summed E-state index contributed by atoms with van der Waals surface area (Å²) in [5.74, 6) is 0.149. The molecule has 1 aliphatic heterocycles. The summed E-state index contributed by atoms with van der Waals surface area (Å²) in [6.07, 6.45) is 4.51. The Balaban J connectivity index is 1.89. The maximum absolute atomic E-state index is 12.3. The lowest BCUT2D eigenvalue weighted by Gasteiger charge is -2.27. The summed E-state index contributed by atoms with van der Waals surface area (Å²) in [7, 11) is 0. The monoisotopic (exact) mass is 274 g/mol. The van der Waals surface area contributed by atoms with Gasteiger partial charge in [-0.3, -0.25) is 4.79 Å². The van der Waals surface area contributed by atoms with Gasteiger partial charge in [0, 0.05) is 12.0 Å². The molecule has 2 N–H and O–H groups in total. The second-order valence-corrected chi connectivity index (χ2v) is 6.32. The predicted molar refractivity (Wildman–Crippen MR) is 82.7 cm³/mol. The van der Waals surface area contributed by atoms with Crippen molar-refractivity contribution in [1.82, 2.24) is 10.6 Å². The van der Waals surface area contributed by atoms with E-state index in [-0.39, 0.29) is 17.4 Å². The van der Waals surface area contributed by atoms with Crippen LogP contribution in [0, 0.1) is 0 Å². The second-order valence-electron chi connectivity index (χ2n) is 6.32. The number of nitrogens with one attached hydrogen (secondary N) is 2. The Morgan fingerprint density at radius 2 is 2.00 bits per heavy atom. The van der Waals surface area contributed by atoms with Crippen molar-refractivity contribution < 1.29 is 4.79 Å². The largest absolute Gasteiger partial charge is 0.354 e. The number of hydrogen-bond donors (Lipinski definition) is 2. The standard InChI is InChI=1S/C17H26N2O/c1-17(2,14-9-5-3-6-10-14)13-19-16(20)15-11-7-4-8-12-18-15/h3,5-6,9-10,15,18H,4,7-8,11-13H2,1-2H3,(H,19,20). The van der Waals surface area contributed by atoms with Crippen LogP contribution in [-0.4, -0.2) is 25.0 Å². The van der Waals surface area contributed by atoms with Gasteiger partial charge in [0.1, 0.15) is 0 Å². The number of rotatable bonds is 4. The highest BCUT2D eigenvalue weighted by Gasteiger charge is 2.24. The summed E-state index contributed by atoms with van der Waals surface area (Å²) in [6.45, 7) is 5.97. The van der Waals surface area contributed by atoms with Crippen molar-refractivity contribution in [2.75, 3.05) is 13.1 Å². The van der Waals surface area contributed by atoms with Crippen LogP contribution >= 0.6 is 0 Å². The highest BCUT2D eigenvalue weighted by Crippen LogP contribution is 2.21. The van der Waals surface area contributed by atoms with Crippen LogP contribution in [-0.2, 0) is 10.2 Å². The van der Waals surface area contributed by atoms with Crippen LogP contribution in [0.5, 0.6) is 0 Å². The van der Waals surface area contributed by atoms with Gasteiger partial charge in [0.25, 0.3) is 0 Å². The van der Waals surface area contributed by atoms with Gasteiger partial charge in [-0.15, -0.1) is 0 Å². The Labute approximate surface area is 122 Å². The van der Waals surface area contributed by atoms with Crippen molar-refractivity contribution in [1.29, 1.82) is 0 Å². The fraction of sp³-hybridized carbons (Fsp3) is 0.588. The molecule has 0 bridgehead atoms. The molecule has 3 nitrogen and oxygen atoms in total. The molecule has 3 heteroatoms. The molecule has 0 radical (unpaired) electrons. The summed E-state index contributed by atoms with van der Waals surface area (Å²) in [5.41, 5.74) is 1.22. The number of amides is 1. The molecule has 0 saturated carbocycles. The lowest BCUT2D eigenvalue weighted by atomic mass is 9.84. The lowest BCUT2D eigenvalue weighted by molar-refractivity contribution is -0.123. The zero-order valence-electron chi connectivity index (χ0n) is 12.6. The maximum Gasteiger partial charge on any atom is 0.237 e. The fourth-order valence-corrected chi connectivity index (χ4v) is 2.68. The third-order valence-electron chi connectivity index (χ3n) is 4.14. The van der Waals surface area contributed by atoms with Crippen molar-refractivity contribution in [2.24, 2.45) is 0 Å². The van der Waals surface area contributed by atoms with Crippen LogP contribution in [0.1, 0.15) is 45.1 Å². The number of hydrogen-bond acceptors (Lipinski definition) is 2. The molecule has 0 aromatic heterocycles. The lowest BCUT2D eigenvalue weighted by Crippen LogP contribution is -2.47. The van der Waals surface area contributed by atoms with Crippen LogP contribution in [0.2, 0.25) is 0 Å². The van der Waals surface area contributed by atoms with E-state index in [0.717, 1.165) is 19.4 Å². The molecule has 1 fully saturated rings. The molecule has 1 unspecified atom stereocenters. The third-order valence-corrected chi connectivity index (χ3v) is 4.14. The first-order valence-corrected chi connectivity index (χ1v) is 7.66. The second kappa shape index (κ2) is 6.89. The van der Waals surface area contributed by atoms with E-state index in [1.807, 2.05) is 18.2 Å². The summed E-state index contributed by atoms with van der Waals surface area (Å²) in [5, 5.41) is 6.46. The van der Waals surface area contributed by atoms with Crippen molar-refractivity contribution in [3.8, 4) is 0 Å². The predicted octanol–water partition coefficient (Wildman–Crippen LogP) is 2.61. The highest BCUT2D eigenvalue weighted by atomic mass is 16.2. The summed E-state index contributed by atoms with van der Waals surface area (Å²) in [6, 6.07) is 10.3. The number of carbonyl (C=O) groups excluding carboxylic acids is 1. The van der Waals surface area contributed by atoms with Gasteiger partial charge < -0.3 is 10.6 Å². The van der Waals surface area contributed by atoms with E-state index in [1.54, 1.807) is 0 Å². The van der Waals surface area contributed by atoms with Crippen molar-refractivity contribution in [2.45, 2.75) is 51.0 Å². The summed E-state index contributed by atoms with van der Waals surface area (Å²) >= 11 is 0. The minimum atomic E-state index is -0.0400. The molecule has 1 saturated heterocycles. The van der Waals surface area contributed by atoms with Gasteiger partial charge in [-0.25, -0.2) is 0 Å². The van der Waals surface area contributed by atoms with Gasteiger partial charge in [-0.1, -0.05) is 57.0 Å². The van der Waals surface area contributed by atoms with Gasteiger partial charge >= 0.3 is 0 Å². The smallest absolute Gasteiger partial charge is 0.237 e. The molecule has 20 heavy (non-hydrogen) atoms. The fourth-order valence-electron chi connectivity index (χ4n) is 2.68. The highest BCUT2D eigenvalue weighted by molar-refractivity contribution is 5.81. The van der Waals surface area contributed by atoms with Gasteiger partial charge in [0.15, 0.2) is 0 Å². The quantitative estimate of drug-likeness (QED) is 0.886. The zero-order chi connectivity index (χ0) is 14.4. The van der Waals surface area contributed by atoms with Crippen LogP contribution < -0.4 is 10.6 Å². The van der Waals surface area contributed by atoms with E-state index in [1.165, 1.54) is 18.4 Å². The average Bonchev–Trinajstić information content (AvgIpc) is 2.75. The Hall–Kier alpha value is -1.35. The molecule has 1 aromatic carbocycles. The Morgan fingerprint density at radius 3 is 2.75 bits per heavy atom. The molecule has 0 aliphatic carbocycles. The molecule has 0 spiro atoms. The van der Waals surface area contributed by atoms with E-state index >= 15 is 0 Å². The molecule has 2 rings (SSSR count). The molecule has 1 atom stereocenters. The van der Waals surface area contributed by atoms with Crippen molar-refractivity contribution >= 4 is 5.91 Å². The SMILES string of the molecule is CC(C)(CNC(=O)C1CCCCCN1)c1ccccc1. The molecular weight excluding hydrogens is 248 g/mol. The summed E-state index contributed by atoms with van der Waals surface area (Å²) < 4.78 is 0. The average molecular weight is 274 g/mol. The van der Waals surface area contributed by atoms with Gasteiger partial charge in [0.2, 0.25) is 5.91 Å². The molecular formula is C17H26N2O. The first-order valence-electron chi connectivity index (χ1n) is 7.66. The first kappa shape index (κ1) is 15.0. The zero-order valence-corrected chi connectivity index (χ0v) is 12.6. The molecule has 1 aliphatic rings. The maximum atomic E-state index is 12.3. The summed E-state index contributed by atoms with van der Waals surface area (Å²) in [4.78, 5) is 12.3. The molecule has 1 heterocycles. The molecule has 1 aromatic rings. The van der Waals surface area contributed by atoms with Gasteiger partial charge in [-0.05, 0) is 24.9 Å². The Kier molecular flexibility index (Phi) is 5.18. The normalized spacial score (nSPS) is 20.2. The Morgan fingerprint density at radius 1 is 1.25 bits per heavy atom. The number of carbonyl (C=O) groups is 1. The van der Waals surface area contributed by atoms with Crippen LogP contribution in [0.3, 0.4) is 0 Å². The topological polar surface area (TPSA) is 41.1 Å². The van der Waals surface area contributed by atoms with Crippen LogP contribution in [0.4, 0.5) is 0 Å². The Bertz CT molecular complexity index is 420. The first-order chi connectivity index (χ1) is 9.59. The van der Waals surface area contributed by atoms with E-state index in [2.05, 4.69) is 36.6 Å². The van der Waals surface area contributed by atoms with E-state index in [9.17, 15) is 4.79 Å². The minimum absolute atomic E-state index is 0.0101. The third kappa shape index (κ3) is 4.07. The van der Waals surface area contributed by atoms with Crippen LogP contribution in [0.25, 0.3) is 0 Å². The number of benzene rings is 1. The molecule has 1 amide bonds. The van der Waals surface area contributed by atoms with Crippen molar-refractivity contribution in [3.63, 3.8) is 0 Å². The van der Waals surface area contributed by atoms with Gasteiger partial charge in [-0.2, -0.15) is 0 Å².